The van der Waals surface area contributed by atoms with E-state index in [0.29, 0.717) is 6.54 Å². The number of amides is 1. The third-order valence-corrected chi connectivity index (χ3v) is 3.57. The average molecular weight is 306 g/mol. The minimum Gasteiger partial charge on any atom is -0.444 e. The molecule has 1 N–H and O–H groups in total. The van der Waals surface area contributed by atoms with Crippen molar-refractivity contribution in [3.63, 3.8) is 0 Å². The van der Waals surface area contributed by atoms with Crippen LogP contribution in [0.4, 0.5) is 10.5 Å². The van der Waals surface area contributed by atoms with Crippen molar-refractivity contribution in [3.05, 3.63) is 29.3 Å². The van der Waals surface area contributed by atoms with Gasteiger partial charge >= 0.3 is 6.09 Å². The zero-order chi connectivity index (χ0) is 16.9. The van der Waals surface area contributed by atoms with Crippen LogP contribution in [0.1, 0.15) is 58.2 Å². The fraction of sp³-hybridized carbons (Fsp3) is 0.611. The highest BCUT2D eigenvalue weighted by atomic mass is 16.6. The Labute approximate surface area is 134 Å². The van der Waals surface area contributed by atoms with Crippen LogP contribution in [0.5, 0.6) is 0 Å². The van der Waals surface area contributed by atoms with Crippen molar-refractivity contribution in [1.82, 2.24) is 4.90 Å². The molecule has 4 nitrogen and oxygen atoms in total. The van der Waals surface area contributed by atoms with Gasteiger partial charge in [0.2, 0.25) is 0 Å². The van der Waals surface area contributed by atoms with Crippen LogP contribution >= 0.6 is 0 Å². The molecular formula is C18H30N2O2. The van der Waals surface area contributed by atoms with Gasteiger partial charge in [0.1, 0.15) is 5.60 Å². The minimum absolute atomic E-state index is 0.0255. The van der Waals surface area contributed by atoms with Crippen LogP contribution in [0.2, 0.25) is 0 Å². The summed E-state index contributed by atoms with van der Waals surface area (Å²) in [5.74, 6) is 0. The Kier molecular flexibility index (Phi) is 6.27. The van der Waals surface area contributed by atoms with E-state index in [1.165, 1.54) is 5.56 Å². The van der Waals surface area contributed by atoms with Crippen molar-refractivity contribution < 1.29 is 9.53 Å². The van der Waals surface area contributed by atoms with Gasteiger partial charge in [0.15, 0.2) is 0 Å². The summed E-state index contributed by atoms with van der Waals surface area (Å²) in [5, 5.41) is 3.19. The lowest BCUT2D eigenvalue weighted by Crippen LogP contribution is -2.38. The molecule has 1 atom stereocenters. The second kappa shape index (κ2) is 7.52. The first-order valence-electron chi connectivity index (χ1n) is 7.97. The molecule has 0 aliphatic carbocycles. The second-order valence-corrected chi connectivity index (χ2v) is 6.67. The van der Waals surface area contributed by atoms with E-state index in [4.69, 9.17) is 4.74 Å². The van der Waals surface area contributed by atoms with Crippen LogP contribution in [0.25, 0.3) is 0 Å². The number of benzene rings is 1. The fourth-order valence-electron chi connectivity index (χ4n) is 2.35. The number of anilines is 1. The number of ether oxygens (including phenoxy) is 1. The molecule has 0 aliphatic heterocycles. The lowest BCUT2D eigenvalue weighted by atomic mass is 10.0. The van der Waals surface area contributed by atoms with Crippen molar-refractivity contribution in [1.29, 1.82) is 0 Å². The molecule has 0 saturated heterocycles. The molecule has 0 bridgehead atoms. The number of rotatable bonds is 5. The topological polar surface area (TPSA) is 41.6 Å². The molecular weight excluding hydrogens is 276 g/mol. The number of aryl methyl sites for hydroxylation is 1. The number of nitrogens with zero attached hydrogens (tertiary/aromatic N) is 1. The van der Waals surface area contributed by atoms with Gasteiger partial charge in [0, 0.05) is 19.3 Å². The fourth-order valence-corrected chi connectivity index (χ4v) is 2.35. The monoisotopic (exact) mass is 306 g/mol. The summed E-state index contributed by atoms with van der Waals surface area (Å²) < 4.78 is 5.55. The third-order valence-electron chi connectivity index (χ3n) is 3.57. The molecule has 1 amide bonds. The molecule has 1 aromatic rings. The van der Waals surface area contributed by atoms with Crippen molar-refractivity contribution >= 4 is 11.8 Å². The highest BCUT2D eigenvalue weighted by molar-refractivity contribution is 5.69. The summed E-state index contributed by atoms with van der Waals surface area (Å²) >= 11 is 0. The summed E-state index contributed by atoms with van der Waals surface area (Å²) in [6.07, 6.45) is 0.641. The maximum atomic E-state index is 12.5. The van der Waals surface area contributed by atoms with Crippen molar-refractivity contribution in [2.75, 3.05) is 18.9 Å². The van der Waals surface area contributed by atoms with Gasteiger partial charge in [-0.1, -0.05) is 19.1 Å². The Morgan fingerprint density at radius 2 is 2.00 bits per heavy atom. The van der Waals surface area contributed by atoms with E-state index in [-0.39, 0.29) is 12.1 Å². The van der Waals surface area contributed by atoms with E-state index >= 15 is 0 Å². The molecule has 0 radical (unpaired) electrons. The highest BCUT2D eigenvalue weighted by Gasteiger charge is 2.26. The summed E-state index contributed by atoms with van der Waals surface area (Å²) in [4.78, 5) is 14.3. The average Bonchev–Trinajstić information content (AvgIpc) is 2.42. The van der Waals surface area contributed by atoms with E-state index in [0.717, 1.165) is 17.7 Å². The molecule has 0 unspecified atom stereocenters. The van der Waals surface area contributed by atoms with Gasteiger partial charge in [0.05, 0.1) is 6.04 Å². The molecule has 0 fully saturated rings. The van der Waals surface area contributed by atoms with Gasteiger partial charge in [-0.25, -0.2) is 4.79 Å². The zero-order valence-electron chi connectivity index (χ0n) is 15.0. The maximum Gasteiger partial charge on any atom is 0.410 e. The van der Waals surface area contributed by atoms with Gasteiger partial charge in [-0.3, -0.25) is 0 Å². The Hall–Kier alpha value is -1.71. The van der Waals surface area contributed by atoms with E-state index in [1.54, 1.807) is 4.90 Å². The minimum atomic E-state index is -0.480. The van der Waals surface area contributed by atoms with Crippen molar-refractivity contribution in [3.8, 4) is 0 Å². The molecule has 4 heteroatoms. The van der Waals surface area contributed by atoms with Crippen LogP contribution in [0.3, 0.4) is 0 Å². The largest absolute Gasteiger partial charge is 0.444 e. The molecule has 0 saturated carbocycles. The number of hydrogen-bond donors (Lipinski definition) is 1. The quantitative estimate of drug-likeness (QED) is 0.854. The number of carbonyl (C=O) groups is 1. The lowest BCUT2D eigenvalue weighted by Gasteiger charge is -2.32. The summed E-state index contributed by atoms with van der Waals surface area (Å²) in [6.45, 7) is 12.5. The smallest absolute Gasteiger partial charge is 0.410 e. The second-order valence-electron chi connectivity index (χ2n) is 6.67. The predicted octanol–water partition coefficient (Wildman–Crippen LogP) is 4.74. The van der Waals surface area contributed by atoms with Crippen LogP contribution in [0, 0.1) is 6.92 Å². The van der Waals surface area contributed by atoms with Gasteiger partial charge in [0.25, 0.3) is 0 Å². The van der Waals surface area contributed by atoms with Crippen molar-refractivity contribution in [2.45, 2.75) is 59.6 Å². The molecule has 0 heterocycles. The molecule has 1 aromatic carbocycles. The molecule has 0 aromatic heterocycles. The van der Waals surface area contributed by atoms with Crippen LogP contribution in [-0.2, 0) is 4.74 Å². The lowest BCUT2D eigenvalue weighted by molar-refractivity contribution is 0.0173. The first-order chi connectivity index (χ1) is 10.2. The van der Waals surface area contributed by atoms with Crippen LogP contribution in [0.15, 0.2) is 18.2 Å². The van der Waals surface area contributed by atoms with Gasteiger partial charge in [-0.15, -0.1) is 0 Å². The van der Waals surface area contributed by atoms with Crippen LogP contribution in [-0.4, -0.2) is 30.2 Å². The Morgan fingerprint density at radius 3 is 2.50 bits per heavy atom. The number of hydrogen-bond acceptors (Lipinski definition) is 3. The first-order valence-corrected chi connectivity index (χ1v) is 7.97. The first kappa shape index (κ1) is 18.3. The normalized spacial score (nSPS) is 12.7. The van der Waals surface area contributed by atoms with E-state index in [1.807, 2.05) is 34.7 Å². The molecule has 124 valence electrons. The number of carbonyl (C=O) groups excluding carboxylic acids is 1. The third kappa shape index (κ3) is 4.93. The zero-order valence-corrected chi connectivity index (χ0v) is 15.0. The molecule has 1 rings (SSSR count). The van der Waals surface area contributed by atoms with Crippen molar-refractivity contribution in [2.24, 2.45) is 0 Å². The highest BCUT2D eigenvalue weighted by Crippen LogP contribution is 2.26. The summed E-state index contributed by atoms with van der Waals surface area (Å²) in [6, 6.07) is 6.24. The van der Waals surface area contributed by atoms with E-state index < -0.39 is 5.60 Å². The Balaban J connectivity index is 3.02. The molecule has 0 spiro atoms. The van der Waals surface area contributed by atoms with Gasteiger partial charge < -0.3 is 15.0 Å². The Morgan fingerprint density at radius 1 is 1.36 bits per heavy atom. The molecule has 0 aliphatic rings. The van der Waals surface area contributed by atoms with Crippen LogP contribution < -0.4 is 5.32 Å². The van der Waals surface area contributed by atoms with Gasteiger partial charge in [-0.05, 0) is 58.2 Å². The predicted molar refractivity (Wildman–Crippen MR) is 92.4 cm³/mol. The molecule has 22 heavy (non-hydrogen) atoms. The van der Waals surface area contributed by atoms with Gasteiger partial charge in [-0.2, -0.15) is 0 Å². The SMILES string of the molecule is CCCN(C(=O)OC(C)(C)C)[C@H](C)c1ccc(C)c(NC)c1. The standard InChI is InChI=1S/C18H30N2O2/c1-8-11-20(17(21)22-18(4,5)6)14(3)15-10-9-13(2)16(12-15)19-7/h9-10,12,14,19H,8,11H2,1-7H3/t14-/m1/s1. The Bertz CT molecular complexity index is 506. The number of nitrogens with one attached hydrogen (secondary N) is 1. The van der Waals surface area contributed by atoms with E-state index in [9.17, 15) is 4.79 Å². The maximum absolute atomic E-state index is 12.5. The summed E-state index contributed by atoms with van der Waals surface area (Å²) in [5.41, 5.74) is 2.91. The summed E-state index contributed by atoms with van der Waals surface area (Å²) in [7, 11) is 1.91. The van der Waals surface area contributed by atoms with E-state index in [2.05, 4.69) is 37.4 Å².